The molecule has 12 nitrogen and oxygen atoms in total. The molecule has 1 aliphatic carbocycles. The molecule has 0 aromatic heterocycles. The van der Waals surface area contributed by atoms with Crippen molar-refractivity contribution in [3.8, 4) is 0 Å². The van der Waals surface area contributed by atoms with Gasteiger partial charge in [-0.05, 0) is 31.6 Å². The van der Waals surface area contributed by atoms with Crippen molar-refractivity contribution in [1.82, 2.24) is 0 Å². The van der Waals surface area contributed by atoms with Crippen LogP contribution in [0.25, 0.3) is 0 Å². The van der Waals surface area contributed by atoms with Gasteiger partial charge in [-0.25, -0.2) is 4.79 Å². The molecule has 3 rings (SSSR count). The Kier molecular flexibility index (Phi) is 8.72. The van der Waals surface area contributed by atoms with Crippen LogP contribution in [0.1, 0.15) is 40.0 Å². The fourth-order valence-corrected chi connectivity index (χ4v) is 4.78. The van der Waals surface area contributed by atoms with Crippen molar-refractivity contribution >= 4 is 5.97 Å². The normalized spacial score (nSPS) is 43.0. The SMILES string of the molecule is CC1=C(C(=O)O[C@H]2O[C@@H](CO[C@@H]3O[C@H](CO)[C@@H](O)[C@H](O)[C@@H]3O)[C@H](O)[C@@H](O)[C@@H]2O)C(C)(C)CCC1. The van der Waals surface area contributed by atoms with Crippen LogP contribution in [0.5, 0.6) is 0 Å². The van der Waals surface area contributed by atoms with Crippen molar-refractivity contribution in [1.29, 1.82) is 0 Å². The summed E-state index contributed by atoms with van der Waals surface area (Å²) in [6.45, 7) is 4.52. The largest absolute Gasteiger partial charge is 0.429 e. The molecular formula is C22H36O12. The Morgan fingerprint density at radius 1 is 0.912 bits per heavy atom. The lowest BCUT2D eigenvalue weighted by Gasteiger charge is -2.42. The van der Waals surface area contributed by atoms with Crippen LogP contribution in [0, 0.1) is 5.41 Å². The van der Waals surface area contributed by atoms with Gasteiger partial charge in [-0.3, -0.25) is 0 Å². The molecule has 0 aromatic rings. The van der Waals surface area contributed by atoms with Crippen LogP contribution in [0.4, 0.5) is 0 Å². The van der Waals surface area contributed by atoms with Gasteiger partial charge >= 0.3 is 5.97 Å². The number of carbonyl (C=O) groups is 1. The Balaban J connectivity index is 1.67. The fraction of sp³-hybridized carbons (Fsp3) is 0.864. The van der Waals surface area contributed by atoms with Crippen LogP contribution in [0.3, 0.4) is 0 Å². The van der Waals surface area contributed by atoms with Crippen molar-refractivity contribution < 1.29 is 59.5 Å². The van der Waals surface area contributed by atoms with Crippen LogP contribution in [-0.4, -0.2) is 116 Å². The second-order valence-corrected chi connectivity index (χ2v) is 9.84. The van der Waals surface area contributed by atoms with E-state index in [1.54, 1.807) is 0 Å². The number of ether oxygens (including phenoxy) is 4. The molecule has 0 unspecified atom stereocenters. The third-order valence-corrected chi connectivity index (χ3v) is 6.83. The average Bonchev–Trinajstić information content (AvgIpc) is 2.77. The molecule has 0 spiro atoms. The van der Waals surface area contributed by atoms with E-state index in [0.29, 0.717) is 5.57 Å². The van der Waals surface area contributed by atoms with Crippen LogP contribution in [0.2, 0.25) is 0 Å². The van der Waals surface area contributed by atoms with E-state index in [1.807, 2.05) is 20.8 Å². The molecule has 34 heavy (non-hydrogen) atoms. The van der Waals surface area contributed by atoms with E-state index in [1.165, 1.54) is 0 Å². The highest BCUT2D eigenvalue weighted by molar-refractivity contribution is 5.91. The van der Waals surface area contributed by atoms with Crippen molar-refractivity contribution in [2.24, 2.45) is 5.41 Å². The van der Waals surface area contributed by atoms with E-state index >= 15 is 0 Å². The Morgan fingerprint density at radius 3 is 2.06 bits per heavy atom. The maximum Gasteiger partial charge on any atom is 0.336 e. The number of rotatable bonds is 6. The predicted molar refractivity (Wildman–Crippen MR) is 113 cm³/mol. The molecule has 2 fully saturated rings. The van der Waals surface area contributed by atoms with Crippen LogP contribution < -0.4 is 0 Å². The van der Waals surface area contributed by atoms with E-state index < -0.39 is 86.0 Å². The van der Waals surface area contributed by atoms with Gasteiger partial charge in [0, 0.05) is 5.57 Å². The van der Waals surface area contributed by atoms with Gasteiger partial charge < -0.3 is 54.7 Å². The highest BCUT2D eigenvalue weighted by Gasteiger charge is 2.48. The number of esters is 1. The molecule has 196 valence electrons. The first-order valence-corrected chi connectivity index (χ1v) is 11.4. The number of aliphatic hydroxyl groups is 7. The smallest absolute Gasteiger partial charge is 0.336 e. The topological polar surface area (TPSA) is 196 Å². The molecule has 0 amide bonds. The van der Waals surface area contributed by atoms with Crippen molar-refractivity contribution in [3.63, 3.8) is 0 Å². The molecule has 2 aliphatic heterocycles. The zero-order valence-electron chi connectivity index (χ0n) is 19.5. The van der Waals surface area contributed by atoms with Gasteiger partial charge in [0.05, 0.1) is 13.2 Å². The fourth-order valence-electron chi connectivity index (χ4n) is 4.78. The van der Waals surface area contributed by atoms with Gasteiger partial charge in [0.25, 0.3) is 0 Å². The van der Waals surface area contributed by atoms with Gasteiger partial charge in [-0.2, -0.15) is 0 Å². The minimum atomic E-state index is -1.73. The first-order valence-electron chi connectivity index (χ1n) is 11.4. The van der Waals surface area contributed by atoms with Crippen LogP contribution in [0.15, 0.2) is 11.1 Å². The zero-order valence-corrected chi connectivity index (χ0v) is 19.5. The lowest BCUT2D eigenvalue weighted by Crippen LogP contribution is -2.62. The molecule has 3 aliphatic rings. The molecule has 2 heterocycles. The van der Waals surface area contributed by atoms with Crippen LogP contribution >= 0.6 is 0 Å². The summed E-state index contributed by atoms with van der Waals surface area (Å²) in [5.41, 5.74) is 0.905. The second kappa shape index (κ2) is 10.8. The van der Waals surface area contributed by atoms with E-state index in [4.69, 9.17) is 18.9 Å². The average molecular weight is 493 g/mol. The molecule has 0 radical (unpaired) electrons. The van der Waals surface area contributed by atoms with Gasteiger partial charge in [-0.15, -0.1) is 0 Å². The molecule has 2 saturated heterocycles. The Labute approximate surface area is 197 Å². The number of aliphatic hydroxyl groups excluding tert-OH is 7. The molecule has 7 N–H and O–H groups in total. The zero-order chi connectivity index (χ0) is 25.4. The third-order valence-electron chi connectivity index (χ3n) is 6.83. The monoisotopic (exact) mass is 492 g/mol. The maximum absolute atomic E-state index is 12.9. The lowest BCUT2D eigenvalue weighted by molar-refractivity contribution is -0.326. The molecule has 0 bridgehead atoms. The molecule has 10 atom stereocenters. The quantitative estimate of drug-likeness (QED) is 0.196. The number of hydrogen-bond donors (Lipinski definition) is 7. The standard InChI is InChI=1S/C22H36O12/c1-9-5-4-6-22(2,3)12(9)19(30)34-21-18(29)16(27)14(25)11(33-21)8-31-20-17(28)15(26)13(24)10(7-23)32-20/h10-11,13-18,20-21,23-29H,4-8H2,1-3H3/t10-,11+,13-,14+,15+,16-,17+,18+,20-,21-/m1/s1. The highest BCUT2D eigenvalue weighted by Crippen LogP contribution is 2.41. The number of hydrogen-bond acceptors (Lipinski definition) is 12. The summed E-state index contributed by atoms with van der Waals surface area (Å²) >= 11 is 0. The van der Waals surface area contributed by atoms with Gasteiger partial charge in [0.2, 0.25) is 6.29 Å². The van der Waals surface area contributed by atoms with Crippen molar-refractivity contribution in [2.45, 2.75) is 101 Å². The summed E-state index contributed by atoms with van der Waals surface area (Å²) in [4.78, 5) is 12.9. The first-order chi connectivity index (χ1) is 15.9. The minimum absolute atomic E-state index is 0.442. The van der Waals surface area contributed by atoms with E-state index in [2.05, 4.69) is 0 Å². The summed E-state index contributed by atoms with van der Waals surface area (Å²) in [6, 6.07) is 0. The van der Waals surface area contributed by atoms with E-state index in [9.17, 15) is 40.5 Å². The Bertz CT molecular complexity index is 752. The first kappa shape index (κ1) is 27.4. The Morgan fingerprint density at radius 2 is 1.47 bits per heavy atom. The summed E-state index contributed by atoms with van der Waals surface area (Å²) in [6.07, 6.45) is -13.2. The second-order valence-electron chi connectivity index (χ2n) is 9.84. The van der Waals surface area contributed by atoms with Crippen molar-refractivity contribution in [2.75, 3.05) is 13.2 Å². The molecule has 12 heteroatoms. The van der Waals surface area contributed by atoms with E-state index in [0.717, 1.165) is 24.8 Å². The summed E-state index contributed by atoms with van der Waals surface area (Å²) in [5.74, 6) is -0.691. The minimum Gasteiger partial charge on any atom is -0.429 e. The highest BCUT2D eigenvalue weighted by atomic mass is 16.7. The summed E-state index contributed by atoms with van der Waals surface area (Å²) in [7, 11) is 0. The van der Waals surface area contributed by atoms with E-state index in [-0.39, 0.29) is 0 Å². The molecular weight excluding hydrogens is 456 g/mol. The molecule has 0 aromatic carbocycles. The lowest BCUT2D eigenvalue weighted by atomic mass is 9.73. The molecule has 0 saturated carbocycles. The van der Waals surface area contributed by atoms with Crippen LogP contribution in [-0.2, 0) is 23.7 Å². The van der Waals surface area contributed by atoms with Gasteiger partial charge in [0.15, 0.2) is 6.29 Å². The third kappa shape index (κ3) is 5.46. The van der Waals surface area contributed by atoms with Crippen molar-refractivity contribution in [3.05, 3.63) is 11.1 Å². The maximum atomic E-state index is 12.9. The van der Waals surface area contributed by atoms with Gasteiger partial charge in [-0.1, -0.05) is 19.4 Å². The number of allylic oxidation sites excluding steroid dienone is 1. The summed E-state index contributed by atoms with van der Waals surface area (Å²) < 4.78 is 21.5. The number of carbonyl (C=O) groups excluding carboxylic acids is 1. The Hall–Kier alpha value is -1.19. The predicted octanol–water partition coefficient (Wildman–Crippen LogP) is -2.32. The van der Waals surface area contributed by atoms with Gasteiger partial charge in [0.1, 0.15) is 48.8 Å². The summed E-state index contributed by atoms with van der Waals surface area (Å²) in [5, 5.41) is 70.0.